The summed E-state index contributed by atoms with van der Waals surface area (Å²) in [6.07, 6.45) is 2.54. The molecule has 29 heavy (non-hydrogen) atoms. The molecule has 1 fully saturated rings. The van der Waals surface area contributed by atoms with E-state index in [-0.39, 0.29) is 18.2 Å². The maximum absolute atomic E-state index is 12.6. The van der Waals surface area contributed by atoms with Crippen molar-refractivity contribution < 1.29 is 14.4 Å². The van der Waals surface area contributed by atoms with E-state index in [9.17, 15) is 9.90 Å². The molecule has 0 unspecified atom stereocenters. The zero-order chi connectivity index (χ0) is 20.2. The summed E-state index contributed by atoms with van der Waals surface area (Å²) in [4.78, 5) is 23.0. The summed E-state index contributed by atoms with van der Waals surface area (Å²) in [5, 5.41) is 14.4. The molecule has 1 N–H and O–H groups in total. The van der Waals surface area contributed by atoms with Gasteiger partial charge in [0.15, 0.2) is 0 Å². The van der Waals surface area contributed by atoms with Gasteiger partial charge in [-0.15, -0.1) is 0 Å². The van der Waals surface area contributed by atoms with Crippen molar-refractivity contribution in [2.75, 3.05) is 13.1 Å². The van der Waals surface area contributed by atoms with E-state index >= 15 is 0 Å². The minimum absolute atomic E-state index is 0.00479. The van der Waals surface area contributed by atoms with Crippen molar-refractivity contribution in [3.8, 4) is 11.4 Å². The third-order valence-electron chi connectivity index (χ3n) is 5.25. The second-order valence-corrected chi connectivity index (χ2v) is 7.53. The number of benzene rings is 1. The molecule has 2 atom stereocenters. The Morgan fingerprint density at radius 1 is 1.24 bits per heavy atom. The van der Waals surface area contributed by atoms with E-state index in [1.807, 2.05) is 49.4 Å². The van der Waals surface area contributed by atoms with Crippen molar-refractivity contribution in [1.29, 1.82) is 0 Å². The number of nitrogens with zero attached hydrogens (tertiary/aromatic N) is 4. The molecule has 7 nitrogen and oxygen atoms in total. The summed E-state index contributed by atoms with van der Waals surface area (Å²) >= 11 is 0. The van der Waals surface area contributed by atoms with E-state index in [1.165, 1.54) is 0 Å². The van der Waals surface area contributed by atoms with Crippen molar-refractivity contribution in [2.45, 2.75) is 32.3 Å². The monoisotopic (exact) mass is 392 g/mol. The number of likely N-dealkylation sites (tertiary alicyclic amines) is 1. The Bertz CT molecular complexity index is 973. The highest BCUT2D eigenvalue weighted by molar-refractivity contribution is 5.76. The topological polar surface area (TPSA) is 92.4 Å². The molecule has 0 spiro atoms. The summed E-state index contributed by atoms with van der Waals surface area (Å²) in [6, 6.07) is 13.6. The van der Waals surface area contributed by atoms with Gasteiger partial charge in [0.1, 0.15) is 0 Å². The lowest BCUT2D eigenvalue weighted by Crippen LogP contribution is -2.29. The third kappa shape index (κ3) is 4.68. The molecule has 3 heterocycles. The van der Waals surface area contributed by atoms with Crippen LogP contribution >= 0.6 is 0 Å². The summed E-state index contributed by atoms with van der Waals surface area (Å²) in [7, 11) is 0. The molecule has 4 rings (SSSR count). The van der Waals surface area contributed by atoms with E-state index in [2.05, 4.69) is 15.1 Å². The van der Waals surface area contributed by atoms with E-state index in [1.54, 1.807) is 11.1 Å². The largest absolute Gasteiger partial charge is 0.391 e. The first-order valence-corrected chi connectivity index (χ1v) is 9.84. The second-order valence-electron chi connectivity index (χ2n) is 7.53. The van der Waals surface area contributed by atoms with Crippen molar-refractivity contribution in [1.82, 2.24) is 20.0 Å². The highest BCUT2D eigenvalue weighted by Crippen LogP contribution is 2.22. The summed E-state index contributed by atoms with van der Waals surface area (Å²) in [5.41, 5.74) is 2.95. The predicted molar refractivity (Wildman–Crippen MR) is 107 cm³/mol. The molecule has 150 valence electrons. The van der Waals surface area contributed by atoms with Gasteiger partial charge < -0.3 is 14.5 Å². The van der Waals surface area contributed by atoms with Crippen LogP contribution in [0.15, 0.2) is 53.2 Å². The SMILES string of the molecule is Cc1cccc(-c2noc(CCC(=O)N3C[C@@H](Cc4ccccn4)[C@H](O)C3)n2)c1. The Balaban J connectivity index is 1.31. The van der Waals surface area contributed by atoms with Crippen LogP contribution in [0.4, 0.5) is 0 Å². The molecule has 2 aromatic heterocycles. The first kappa shape index (κ1) is 19.3. The Morgan fingerprint density at radius 2 is 2.14 bits per heavy atom. The van der Waals surface area contributed by atoms with Gasteiger partial charge in [-0.05, 0) is 31.5 Å². The van der Waals surface area contributed by atoms with Gasteiger partial charge in [-0.25, -0.2) is 0 Å². The van der Waals surface area contributed by atoms with E-state index < -0.39 is 6.10 Å². The van der Waals surface area contributed by atoms with Crippen LogP contribution in [-0.4, -0.2) is 50.2 Å². The van der Waals surface area contributed by atoms with Crippen molar-refractivity contribution >= 4 is 5.91 Å². The van der Waals surface area contributed by atoms with Crippen LogP contribution in [0.25, 0.3) is 11.4 Å². The molecule has 0 radical (unpaired) electrons. The number of amides is 1. The van der Waals surface area contributed by atoms with Crippen LogP contribution < -0.4 is 0 Å². The number of aryl methyl sites for hydroxylation is 2. The molecule has 1 aromatic carbocycles. The number of aliphatic hydroxyl groups excluding tert-OH is 1. The molecule has 0 aliphatic carbocycles. The number of aliphatic hydroxyl groups is 1. The Hall–Kier alpha value is -3.06. The summed E-state index contributed by atoms with van der Waals surface area (Å²) in [5.74, 6) is 0.968. The van der Waals surface area contributed by atoms with Crippen molar-refractivity contribution in [3.63, 3.8) is 0 Å². The van der Waals surface area contributed by atoms with Crippen LogP contribution in [0.3, 0.4) is 0 Å². The van der Waals surface area contributed by atoms with Crippen molar-refractivity contribution in [3.05, 3.63) is 65.8 Å². The fourth-order valence-corrected chi connectivity index (χ4v) is 3.68. The van der Waals surface area contributed by atoms with E-state index in [0.29, 0.717) is 37.6 Å². The number of carbonyl (C=O) groups excluding carboxylic acids is 1. The second kappa shape index (κ2) is 8.53. The zero-order valence-electron chi connectivity index (χ0n) is 16.4. The number of rotatable bonds is 6. The van der Waals surface area contributed by atoms with Crippen molar-refractivity contribution in [2.24, 2.45) is 5.92 Å². The quantitative estimate of drug-likeness (QED) is 0.693. The van der Waals surface area contributed by atoms with Crippen LogP contribution in [0.2, 0.25) is 0 Å². The minimum atomic E-state index is -0.530. The van der Waals surface area contributed by atoms with E-state index in [0.717, 1.165) is 16.8 Å². The molecule has 0 saturated carbocycles. The van der Waals surface area contributed by atoms with Gasteiger partial charge in [0.05, 0.1) is 6.10 Å². The van der Waals surface area contributed by atoms with Gasteiger partial charge in [-0.3, -0.25) is 9.78 Å². The number of hydrogen-bond donors (Lipinski definition) is 1. The average Bonchev–Trinajstić information content (AvgIpc) is 3.34. The van der Waals surface area contributed by atoms with Gasteiger partial charge in [0, 0.05) is 49.3 Å². The van der Waals surface area contributed by atoms with Crippen LogP contribution in [-0.2, 0) is 17.6 Å². The summed E-state index contributed by atoms with van der Waals surface area (Å²) < 4.78 is 5.30. The van der Waals surface area contributed by atoms with Gasteiger partial charge >= 0.3 is 0 Å². The number of hydrogen-bond acceptors (Lipinski definition) is 6. The van der Waals surface area contributed by atoms with Crippen LogP contribution in [0.1, 0.15) is 23.6 Å². The zero-order valence-corrected chi connectivity index (χ0v) is 16.4. The fraction of sp³-hybridized carbons (Fsp3) is 0.364. The minimum Gasteiger partial charge on any atom is -0.391 e. The predicted octanol–water partition coefficient (Wildman–Crippen LogP) is 2.43. The lowest BCUT2D eigenvalue weighted by Gasteiger charge is -2.15. The fourth-order valence-electron chi connectivity index (χ4n) is 3.68. The van der Waals surface area contributed by atoms with Gasteiger partial charge in [0.25, 0.3) is 0 Å². The average molecular weight is 392 g/mol. The number of pyridine rings is 1. The lowest BCUT2D eigenvalue weighted by molar-refractivity contribution is -0.130. The maximum Gasteiger partial charge on any atom is 0.227 e. The third-order valence-corrected chi connectivity index (χ3v) is 5.25. The molecular weight excluding hydrogens is 368 g/mol. The van der Waals surface area contributed by atoms with Gasteiger partial charge in [-0.2, -0.15) is 4.98 Å². The van der Waals surface area contributed by atoms with Crippen LogP contribution in [0.5, 0.6) is 0 Å². The molecule has 7 heteroatoms. The number of carbonyl (C=O) groups is 1. The molecule has 1 aliphatic rings. The van der Waals surface area contributed by atoms with Gasteiger partial charge in [0.2, 0.25) is 17.6 Å². The summed E-state index contributed by atoms with van der Waals surface area (Å²) in [6.45, 7) is 2.90. The molecule has 1 amide bonds. The Morgan fingerprint density at radius 3 is 2.93 bits per heavy atom. The number of aromatic nitrogens is 3. The van der Waals surface area contributed by atoms with E-state index in [4.69, 9.17) is 4.52 Å². The first-order valence-electron chi connectivity index (χ1n) is 9.84. The molecule has 3 aromatic rings. The Labute approximate surface area is 169 Å². The molecule has 1 saturated heterocycles. The lowest BCUT2D eigenvalue weighted by atomic mass is 10.00. The number of β-amino-alcohol motifs (C(OH)–C–C–N with tert-alkyl or cyclic N) is 1. The highest BCUT2D eigenvalue weighted by Gasteiger charge is 2.34. The smallest absolute Gasteiger partial charge is 0.227 e. The van der Waals surface area contributed by atoms with Crippen LogP contribution in [0, 0.1) is 12.8 Å². The normalized spacial score (nSPS) is 18.9. The van der Waals surface area contributed by atoms with Gasteiger partial charge in [-0.1, -0.05) is 35.0 Å². The molecule has 0 bridgehead atoms. The molecule has 1 aliphatic heterocycles. The standard InChI is InChI=1S/C22H24N4O3/c1-15-5-4-6-16(11-15)22-24-20(29-25-22)8-9-21(28)26-13-17(19(27)14-26)12-18-7-2-3-10-23-18/h2-7,10-11,17,19,27H,8-9,12-14H2,1H3/t17-,19-/m1/s1. The first-order chi connectivity index (χ1) is 14.1. The Kier molecular flexibility index (Phi) is 5.67. The maximum atomic E-state index is 12.6. The molecular formula is C22H24N4O3. The highest BCUT2D eigenvalue weighted by atomic mass is 16.5.